The summed E-state index contributed by atoms with van der Waals surface area (Å²) < 4.78 is 1.93. The summed E-state index contributed by atoms with van der Waals surface area (Å²) >= 11 is 0. The average molecular weight is 396 g/mol. The first kappa shape index (κ1) is 19.6. The van der Waals surface area contributed by atoms with Crippen LogP contribution in [0, 0.1) is 0 Å². The monoisotopic (exact) mass is 395 g/mol. The van der Waals surface area contributed by atoms with E-state index in [1.165, 1.54) is 5.56 Å². The second-order valence-electron chi connectivity index (χ2n) is 7.91. The van der Waals surface area contributed by atoms with Crippen LogP contribution >= 0.6 is 0 Å². The summed E-state index contributed by atoms with van der Waals surface area (Å²) in [7, 11) is 0. The number of carbonyl (C=O) groups is 2. The van der Waals surface area contributed by atoms with Gasteiger partial charge in [-0.15, -0.1) is 0 Å². The van der Waals surface area contributed by atoms with Crippen molar-refractivity contribution in [2.75, 3.05) is 32.7 Å². The maximum Gasteiger partial charge on any atom is 0.257 e. The molecule has 1 saturated carbocycles. The molecule has 0 unspecified atom stereocenters. The van der Waals surface area contributed by atoms with Gasteiger partial charge in [0.05, 0.1) is 30.5 Å². The smallest absolute Gasteiger partial charge is 0.257 e. The predicted octanol–water partition coefficient (Wildman–Crippen LogP) is 1.53. The molecule has 1 saturated heterocycles. The second-order valence-corrected chi connectivity index (χ2v) is 7.91. The lowest BCUT2D eigenvalue weighted by Gasteiger charge is -2.34. The molecule has 2 aliphatic rings. The van der Waals surface area contributed by atoms with Crippen LogP contribution in [0.3, 0.4) is 0 Å². The van der Waals surface area contributed by atoms with Crippen molar-refractivity contribution in [3.05, 3.63) is 53.3 Å². The number of rotatable bonds is 7. The van der Waals surface area contributed by atoms with Crippen LogP contribution in [-0.2, 0) is 17.8 Å². The molecule has 2 fully saturated rings. The lowest BCUT2D eigenvalue weighted by atomic mass is 10.1. The molecule has 2 aromatic rings. The normalized spacial score (nSPS) is 17.3. The van der Waals surface area contributed by atoms with Crippen molar-refractivity contribution in [3.63, 3.8) is 0 Å². The topological polar surface area (TPSA) is 70.5 Å². The highest BCUT2D eigenvalue weighted by Crippen LogP contribution is 2.19. The van der Waals surface area contributed by atoms with E-state index in [2.05, 4.69) is 34.4 Å². The van der Waals surface area contributed by atoms with Crippen molar-refractivity contribution in [2.24, 2.45) is 0 Å². The molecular formula is C22H29N5O2. The summed E-state index contributed by atoms with van der Waals surface area (Å²) in [5, 5.41) is 7.52. The molecular weight excluding hydrogens is 366 g/mol. The third kappa shape index (κ3) is 4.85. The number of amides is 2. The summed E-state index contributed by atoms with van der Waals surface area (Å²) in [5.41, 5.74) is 2.84. The fraction of sp³-hybridized carbons (Fsp3) is 0.500. The van der Waals surface area contributed by atoms with E-state index in [0.29, 0.717) is 37.8 Å². The molecule has 1 aliphatic carbocycles. The zero-order valence-electron chi connectivity index (χ0n) is 17.0. The SMILES string of the molecule is CCc1c(C(=O)N2CCN(CC(=O)NC3CC3)CC2)cnn1Cc1ccccc1. The highest BCUT2D eigenvalue weighted by atomic mass is 16.2. The number of hydrogen-bond acceptors (Lipinski definition) is 4. The van der Waals surface area contributed by atoms with Gasteiger partial charge in [0.1, 0.15) is 0 Å². The average Bonchev–Trinajstić information content (AvgIpc) is 3.46. The van der Waals surface area contributed by atoms with Crippen LogP contribution in [0.5, 0.6) is 0 Å². The minimum atomic E-state index is 0.0447. The number of benzene rings is 1. The predicted molar refractivity (Wildman–Crippen MR) is 111 cm³/mol. The van der Waals surface area contributed by atoms with E-state index in [9.17, 15) is 9.59 Å². The Balaban J connectivity index is 1.35. The van der Waals surface area contributed by atoms with Gasteiger partial charge in [0.25, 0.3) is 5.91 Å². The molecule has 2 heterocycles. The van der Waals surface area contributed by atoms with E-state index in [4.69, 9.17) is 0 Å². The lowest BCUT2D eigenvalue weighted by Crippen LogP contribution is -2.51. The Labute approximate surface area is 171 Å². The number of aromatic nitrogens is 2. The summed E-state index contributed by atoms with van der Waals surface area (Å²) in [4.78, 5) is 29.1. The van der Waals surface area contributed by atoms with Gasteiger partial charge in [0.15, 0.2) is 0 Å². The van der Waals surface area contributed by atoms with Crippen LogP contribution in [0.2, 0.25) is 0 Å². The van der Waals surface area contributed by atoms with E-state index in [1.807, 2.05) is 27.8 Å². The number of hydrogen-bond donors (Lipinski definition) is 1. The second kappa shape index (κ2) is 8.78. The quantitative estimate of drug-likeness (QED) is 0.772. The molecule has 1 aliphatic heterocycles. The molecule has 0 bridgehead atoms. The Hall–Kier alpha value is -2.67. The number of nitrogens with one attached hydrogen (secondary N) is 1. The van der Waals surface area contributed by atoms with Gasteiger partial charge in [0.2, 0.25) is 5.91 Å². The minimum absolute atomic E-state index is 0.0447. The lowest BCUT2D eigenvalue weighted by molar-refractivity contribution is -0.122. The van der Waals surface area contributed by atoms with Gasteiger partial charge in [-0.1, -0.05) is 37.3 Å². The Morgan fingerprint density at radius 1 is 1.10 bits per heavy atom. The van der Waals surface area contributed by atoms with Crippen molar-refractivity contribution < 1.29 is 9.59 Å². The summed E-state index contributed by atoms with van der Waals surface area (Å²) in [6, 6.07) is 10.6. The molecule has 7 heteroatoms. The summed E-state index contributed by atoms with van der Waals surface area (Å²) in [6.45, 7) is 5.89. The van der Waals surface area contributed by atoms with Gasteiger partial charge in [-0.05, 0) is 24.8 Å². The van der Waals surface area contributed by atoms with Gasteiger partial charge in [-0.2, -0.15) is 5.10 Å². The van der Waals surface area contributed by atoms with E-state index >= 15 is 0 Å². The first-order valence-corrected chi connectivity index (χ1v) is 10.5. The molecule has 7 nitrogen and oxygen atoms in total. The largest absolute Gasteiger partial charge is 0.352 e. The first-order valence-electron chi connectivity index (χ1n) is 10.5. The zero-order valence-corrected chi connectivity index (χ0v) is 17.0. The van der Waals surface area contributed by atoms with E-state index in [1.54, 1.807) is 6.20 Å². The van der Waals surface area contributed by atoms with Crippen LogP contribution in [0.4, 0.5) is 0 Å². The highest BCUT2D eigenvalue weighted by Gasteiger charge is 2.28. The summed E-state index contributed by atoms with van der Waals surface area (Å²) in [6.07, 6.45) is 4.67. The maximum absolute atomic E-state index is 13.1. The number of piperazine rings is 1. The molecule has 2 amide bonds. The summed E-state index contributed by atoms with van der Waals surface area (Å²) in [5.74, 6) is 0.144. The Kier molecular flexibility index (Phi) is 5.94. The molecule has 0 spiro atoms. The molecule has 1 N–H and O–H groups in total. The highest BCUT2D eigenvalue weighted by molar-refractivity contribution is 5.95. The van der Waals surface area contributed by atoms with Gasteiger partial charge in [0, 0.05) is 32.2 Å². The van der Waals surface area contributed by atoms with Crippen molar-refractivity contribution in [1.82, 2.24) is 24.9 Å². The zero-order chi connectivity index (χ0) is 20.2. The fourth-order valence-corrected chi connectivity index (χ4v) is 3.84. The van der Waals surface area contributed by atoms with Gasteiger partial charge < -0.3 is 10.2 Å². The van der Waals surface area contributed by atoms with Crippen LogP contribution in [0.25, 0.3) is 0 Å². The van der Waals surface area contributed by atoms with Crippen molar-refractivity contribution in [2.45, 2.75) is 38.8 Å². The van der Waals surface area contributed by atoms with Crippen molar-refractivity contribution >= 4 is 11.8 Å². The molecule has 0 atom stereocenters. The van der Waals surface area contributed by atoms with Crippen molar-refractivity contribution in [1.29, 1.82) is 0 Å². The van der Waals surface area contributed by atoms with Crippen LogP contribution < -0.4 is 5.32 Å². The molecule has 0 radical (unpaired) electrons. The fourth-order valence-electron chi connectivity index (χ4n) is 3.84. The first-order chi connectivity index (χ1) is 14.1. The Morgan fingerprint density at radius 2 is 1.83 bits per heavy atom. The van der Waals surface area contributed by atoms with Gasteiger partial charge >= 0.3 is 0 Å². The van der Waals surface area contributed by atoms with Crippen molar-refractivity contribution in [3.8, 4) is 0 Å². The van der Waals surface area contributed by atoms with Crippen LogP contribution in [0.15, 0.2) is 36.5 Å². The number of nitrogens with zero attached hydrogens (tertiary/aromatic N) is 4. The Bertz CT molecular complexity index is 851. The van der Waals surface area contributed by atoms with Crippen LogP contribution in [-0.4, -0.2) is 70.2 Å². The van der Waals surface area contributed by atoms with Gasteiger partial charge in [-0.25, -0.2) is 0 Å². The third-order valence-corrected chi connectivity index (χ3v) is 5.66. The molecule has 1 aromatic carbocycles. The molecule has 1 aromatic heterocycles. The molecule has 4 rings (SSSR count). The molecule has 29 heavy (non-hydrogen) atoms. The van der Waals surface area contributed by atoms with E-state index < -0.39 is 0 Å². The minimum Gasteiger partial charge on any atom is -0.352 e. The van der Waals surface area contributed by atoms with E-state index in [0.717, 1.165) is 38.0 Å². The Morgan fingerprint density at radius 3 is 2.48 bits per heavy atom. The van der Waals surface area contributed by atoms with Crippen LogP contribution in [0.1, 0.15) is 41.4 Å². The molecule has 154 valence electrons. The number of carbonyl (C=O) groups excluding carboxylic acids is 2. The van der Waals surface area contributed by atoms with Gasteiger partial charge in [-0.3, -0.25) is 19.2 Å². The van der Waals surface area contributed by atoms with E-state index in [-0.39, 0.29) is 11.8 Å². The maximum atomic E-state index is 13.1. The third-order valence-electron chi connectivity index (χ3n) is 5.66. The standard InChI is InChI=1S/C22H29N5O2/c1-2-20-19(14-23-27(20)15-17-6-4-3-5-7-17)22(29)26-12-10-25(11-13-26)16-21(28)24-18-8-9-18/h3-7,14,18H,2,8-13,15-16H2,1H3,(H,24,28).